The SMILES string of the molecule is CN(Cc1ccco1)C(CN)c1cc(F)cc(Cl)c1. The largest absolute Gasteiger partial charge is 0.468 e. The van der Waals surface area contributed by atoms with Gasteiger partial charge in [-0.25, -0.2) is 4.39 Å². The zero-order valence-corrected chi connectivity index (χ0v) is 11.4. The Labute approximate surface area is 116 Å². The third-order valence-corrected chi connectivity index (χ3v) is 3.23. The molecule has 0 bridgehead atoms. The minimum absolute atomic E-state index is 0.113. The molecule has 5 heteroatoms. The van der Waals surface area contributed by atoms with Crippen molar-refractivity contribution < 1.29 is 8.81 Å². The molecule has 102 valence electrons. The maximum atomic E-state index is 13.4. The second kappa shape index (κ2) is 6.19. The maximum Gasteiger partial charge on any atom is 0.125 e. The van der Waals surface area contributed by atoms with E-state index in [1.54, 1.807) is 12.3 Å². The van der Waals surface area contributed by atoms with Gasteiger partial charge >= 0.3 is 0 Å². The summed E-state index contributed by atoms with van der Waals surface area (Å²) in [7, 11) is 1.92. The monoisotopic (exact) mass is 282 g/mol. The van der Waals surface area contributed by atoms with Gasteiger partial charge in [-0.1, -0.05) is 11.6 Å². The molecule has 1 aromatic carbocycles. The molecule has 0 spiro atoms. The highest BCUT2D eigenvalue weighted by atomic mass is 35.5. The van der Waals surface area contributed by atoms with Crippen molar-refractivity contribution in [1.29, 1.82) is 0 Å². The average molecular weight is 283 g/mol. The van der Waals surface area contributed by atoms with Crippen LogP contribution < -0.4 is 5.73 Å². The molecule has 0 fully saturated rings. The molecule has 0 amide bonds. The van der Waals surface area contributed by atoms with Crippen LogP contribution in [0.25, 0.3) is 0 Å². The lowest BCUT2D eigenvalue weighted by atomic mass is 10.1. The number of likely N-dealkylation sites (N-methyl/N-ethyl adjacent to an activating group) is 1. The fourth-order valence-electron chi connectivity index (χ4n) is 2.10. The van der Waals surface area contributed by atoms with E-state index in [9.17, 15) is 4.39 Å². The van der Waals surface area contributed by atoms with Gasteiger partial charge in [0.2, 0.25) is 0 Å². The minimum Gasteiger partial charge on any atom is -0.468 e. The minimum atomic E-state index is -0.354. The molecule has 0 radical (unpaired) electrons. The highest BCUT2D eigenvalue weighted by molar-refractivity contribution is 6.30. The van der Waals surface area contributed by atoms with Gasteiger partial charge in [0.05, 0.1) is 12.8 Å². The lowest BCUT2D eigenvalue weighted by molar-refractivity contribution is 0.222. The summed E-state index contributed by atoms with van der Waals surface area (Å²) in [6.07, 6.45) is 1.62. The van der Waals surface area contributed by atoms with Gasteiger partial charge in [-0.3, -0.25) is 4.90 Å². The van der Waals surface area contributed by atoms with Crippen LogP contribution in [0.1, 0.15) is 17.4 Å². The highest BCUT2D eigenvalue weighted by Gasteiger charge is 2.17. The molecule has 2 N–H and O–H groups in total. The van der Waals surface area contributed by atoms with Crippen LogP contribution >= 0.6 is 11.6 Å². The first-order valence-corrected chi connectivity index (χ1v) is 6.36. The molecule has 0 aliphatic carbocycles. The van der Waals surface area contributed by atoms with E-state index in [4.69, 9.17) is 21.8 Å². The molecule has 0 aliphatic rings. The van der Waals surface area contributed by atoms with E-state index in [0.29, 0.717) is 18.1 Å². The van der Waals surface area contributed by atoms with Gasteiger partial charge in [0.25, 0.3) is 0 Å². The summed E-state index contributed by atoms with van der Waals surface area (Å²) >= 11 is 5.88. The third-order valence-electron chi connectivity index (χ3n) is 3.01. The molecule has 1 heterocycles. The number of benzene rings is 1. The zero-order chi connectivity index (χ0) is 13.8. The van der Waals surface area contributed by atoms with Crippen molar-refractivity contribution in [2.45, 2.75) is 12.6 Å². The Hall–Kier alpha value is -1.36. The molecule has 2 rings (SSSR count). The molecular weight excluding hydrogens is 267 g/mol. The van der Waals surface area contributed by atoms with Crippen LogP contribution in [-0.2, 0) is 6.54 Å². The first kappa shape index (κ1) is 14.1. The van der Waals surface area contributed by atoms with Crippen molar-refractivity contribution >= 4 is 11.6 Å². The molecule has 3 nitrogen and oxygen atoms in total. The summed E-state index contributed by atoms with van der Waals surface area (Å²) in [5, 5.41) is 0.375. The zero-order valence-electron chi connectivity index (χ0n) is 10.6. The molecular formula is C14H16ClFN2O. The van der Waals surface area contributed by atoms with Crippen LogP contribution in [0, 0.1) is 5.82 Å². The third kappa shape index (κ3) is 3.56. The van der Waals surface area contributed by atoms with Crippen LogP contribution in [0.3, 0.4) is 0 Å². The number of rotatable bonds is 5. The molecule has 0 aliphatic heterocycles. The topological polar surface area (TPSA) is 42.4 Å². The summed E-state index contributed by atoms with van der Waals surface area (Å²) < 4.78 is 18.7. The van der Waals surface area contributed by atoms with Gasteiger partial charge in [0.15, 0.2) is 0 Å². The maximum absolute atomic E-state index is 13.4. The Balaban J connectivity index is 2.18. The van der Waals surface area contributed by atoms with Crippen molar-refractivity contribution in [1.82, 2.24) is 4.90 Å². The first-order valence-electron chi connectivity index (χ1n) is 5.99. The van der Waals surface area contributed by atoms with Crippen LogP contribution in [-0.4, -0.2) is 18.5 Å². The van der Waals surface area contributed by atoms with E-state index in [1.807, 2.05) is 24.1 Å². The molecule has 1 unspecified atom stereocenters. The Morgan fingerprint density at radius 1 is 1.42 bits per heavy atom. The second-order valence-electron chi connectivity index (χ2n) is 4.45. The lowest BCUT2D eigenvalue weighted by Gasteiger charge is -2.26. The van der Waals surface area contributed by atoms with E-state index in [2.05, 4.69) is 0 Å². The smallest absolute Gasteiger partial charge is 0.125 e. The van der Waals surface area contributed by atoms with E-state index >= 15 is 0 Å². The molecule has 0 saturated carbocycles. The number of nitrogens with two attached hydrogens (primary N) is 1. The van der Waals surface area contributed by atoms with E-state index in [-0.39, 0.29) is 11.9 Å². The predicted molar refractivity (Wildman–Crippen MR) is 73.4 cm³/mol. The van der Waals surface area contributed by atoms with Crippen molar-refractivity contribution in [3.8, 4) is 0 Å². The highest BCUT2D eigenvalue weighted by Crippen LogP contribution is 2.24. The summed E-state index contributed by atoms with van der Waals surface area (Å²) in [5.41, 5.74) is 6.56. The van der Waals surface area contributed by atoms with Crippen molar-refractivity contribution in [3.63, 3.8) is 0 Å². The summed E-state index contributed by atoms with van der Waals surface area (Å²) in [4.78, 5) is 2.00. The molecule has 2 aromatic rings. The standard InChI is InChI=1S/C14H16ClFN2O/c1-18(9-13-3-2-4-19-13)14(8-17)10-5-11(15)7-12(16)6-10/h2-7,14H,8-9,17H2,1H3. The molecule has 1 atom stereocenters. The quantitative estimate of drug-likeness (QED) is 0.916. The Morgan fingerprint density at radius 2 is 2.21 bits per heavy atom. The van der Waals surface area contributed by atoms with Crippen LogP contribution in [0.15, 0.2) is 41.0 Å². The molecule has 0 saturated heterocycles. The van der Waals surface area contributed by atoms with Crippen molar-refractivity contribution in [2.24, 2.45) is 5.73 Å². The van der Waals surface area contributed by atoms with Gasteiger partial charge in [0, 0.05) is 17.6 Å². The predicted octanol–water partition coefficient (Wildman–Crippen LogP) is 3.20. The summed E-state index contributed by atoms with van der Waals surface area (Å²) in [6.45, 7) is 0.972. The van der Waals surface area contributed by atoms with Gasteiger partial charge in [-0.2, -0.15) is 0 Å². The fourth-order valence-corrected chi connectivity index (χ4v) is 2.33. The average Bonchev–Trinajstić information content (AvgIpc) is 2.81. The van der Waals surface area contributed by atoms with Crippen LogP contribution in [0.5, 0.6) is 0 Å². The van der Waals surface area contributed by atoms with E-state index < -0.39 is 0 Å². The van der Waals surface area contributed by atoms with Crippen LogP contribution in [0.4, 0.5) is 4.39 Å². The number of nitrogens with zero attached hydrogens (tertiary/aromatic N) is 1. The van der Waals surface area contributed by atoms with Crippen LogP contribution in [0.2, 0.25) is 5.02 Å². The lowest BCUT2D eigenvalue weighted by Crippen LogP contribution is -2.30. The van der Waals surface area contributed by atoms with E-state index in [0.717, 1.165) is 11.3 Å². The second-order valence-corrected chi connectivity index (χ2v) is 4.89. The molecule has 19 heavy (non-hydrogen) atoms. The van der Waals surface area contributed by atoms with Gasteiger partial charge < -0.3 is 10.2 Å². The fraction of sp³-hybridized carbons (Fsp3) is 0.286. The first-order chi connectivity index (χ1) is 9.10. The number of hydrogen-bond donors (Lipinski definition) is 1. The van der Waals surface area contributed by atoms with Gasteiger partial charge in [-0.15, -0.1) is 0 Å². The Bertz CT molecular complexity index is 510. The van der Waals surface area contributed by atoms with Gasteiger partial charge in [-0.05, 0) is 42.9 Å². The van der Waals surface area contributed by atoms with Crippen molar-refractivity contribution in [3.05, 3.63) is 58.8 Å². The Kier molecular flexibility index (Phi) is 4.58. The Morgan fingerprint density at radius 3 is 2.79 bits per heavy atom. The van der Waals surface area contributed by atoms with Gasteiger partial charge in [0.1, 0.15) is 11.6 Å². The van der Waals surface area contributed by atoms with E-state index in [1.165, 1.54) is 12.1 Å². The summed E-state index contributed by atoms with van der Waals surface area (Å²) in [6, 6.07) is 8.09. The van der Waals surface area contributed by atoms with Crippen molar-refractivity contribution in [2.75, 3.05) is 13.6 Å². The summed E-state index contributed by atoms with van der Waals surface area (Å²) in [5.74, 6) is 0.482. The normalized spacial score (nSPS) is 12.9. The number of hydrogen-bond acceptors (Lipinski definition) is 3. The number of halogens is 2. The molecule has 1 aromatic heterocycles. The number of furan rings is 1.